The first kappa shape index (κ1) is 12.0. The molecule has 0 aromatic rings. The van der Waals surface area contributed by atoms with Crippen molar-refractivity contribution in [2.24, 2.45) is 0 Å². The average Bonchev–Trinajstić information content (AvgIpc) is 1.98. The van der Waals surface area contributed by atoms with Crippen molar-refractivity contribution in [1.29, 1.82) is 0 Å². The van der Waals surface area contributed by atoms with Crippen LogP contribution in [0.1, 0.15) is 27.2 Å². The van der Waals surface area contributed by atoms with Crippen LogP contribution >= 0.6 is 0 Å². The molecule has 0 amide bonds. The fraction of sp³-hybridized carbons (Fsp3) is 0.600. The maximum absolute atomic E-state index is 10.9. The van der Waals surface area contributed by atoms with E-state index in [2.05, 4.69) is 11.9 Å². The molecule has 0 radical (unpaired) electrons. The summed E-state index contributed by atoms with van der Waals surface area (Å²) in [6.45, 7) is 8.93. The van der Waals surface area contributed by atoms with Crippen LogP contribution in [0.25, 0.3) is 0 Å². The molecule has 0 unspecified atom stereocenters. The Balaban J connectivity index is 3.95. The van der Waals surface area contributed by atoms with Gasteiger partial charge in [-0.3, -0.25) is 9.59 Å². The van der Waals surface area contributed by atoms with Gasteiger partial charge in [-0.1, -0.05) is 6.58 Å². The highest BCUT2D eigenvalue weighted by molar-refractivity contribution is 5.90. The SMILES string of the molecule is C=CC(=O)CNC(C)(C)CC(C)=O. The number of hydrogen-bond donors (Lipinski definition) is 1. The second kappa shape index (κ2) is 4.92. The van der Waals surface area contributed by atoms with Crippen LogP contribution in [0.5, 0.6) is 0 Å². The van der Waals surface area contributed by atoms with E-state index in [4.69, 9.17) is 0 Å². The van der Waals surface area contributed by atoms with Crippen molar-refractivity contribution in [2.45, 2.75) is 32.7 Å². The van der Waals surface area contributed by atoms with E-state index in [1.807, 2.05) is 13.8 Å². The van der Waals surface area contributed by atoms with Crippen LogP contribution in [-0.2, 0) is 9.59 Å². The first-order chi connectivity index (χ1) is 5.87. The molecule has 0 rings (SSSR count). The molecule has 0 saturated heterocycles. The second-order valence-electron chi connectivity index (χ2n) is 3.79. The molecule has 3 nitrogen and oxygen atoms in total. The fourth-order valence-corrected chi connectivity index (χ4v) is 1.08. The Hall–Kier alpha value is -0.960. The summed E-state index contributed by atoms with van der Waals surface area (Å²) in [4.78, 5) is 21.7. The van der Waals surface area contributed by atoms with E-state index in [0.717, 1.165) is 0 Å². The number of Topliss-reactive ketones (excluding diaryl/α,β-unsaturated/α-hetero) is 1. The minimum absolute atomic E-state index is 0.0587. The van der Waals surface area contributed by atoms with Gasteiger partial charge >= 0.3 is 0 Å². The summed E-state index contributed by atoms with van der Waals surface area (Å²) < 4.78 is 0. The molecule has 0 aliphatic heterocycles. The Bertz CT molecular complexity index is 219. The van der Waals surface area contributed by atoms with E-state index in [9.17, 15) is 9.59 Å². The third kappa shape index (κ3) is 6.22. The van der Waals surface area contributed by atoms with E-state index < -0.39 is 0 Å². The lowest BCUT2D eigenvalue weighted by Gasteiger charge is -2.24. The minimum atomic E-state index is -0.315. The zero-order chi connectivity index (χ0) is 10.5. The predicted octanol–water partition coefficient (Wildman–Crippen LogP) is 1.09. The average molecular weight is 183 g/mol. The van der Waals surface area contributed by atoms with Gasteiger partial charge in [0.25, 0.3) is 0 Å². The molecule has 0 spiro atoms. The van der Waals surface area contributed by atoms with Crippen LogP contribution in [0.2, 0.25) is 0 Å². The number of hydrogen-bond acceptors (Lipinski definition) is 3. The molecule has 1 N–H and O–H groups in total. The molecule has 0 saturated carbocycles. The summed E-state index contributed by atoms with van der Waals surface area (Å²) in [5, 5.41) is 3.00. The van der Waals surface area contributed by atoms with Crippen LogP contribution < -0.4 is 5.32 Å². The highest BCUT2D eigenvalue weighted by Crippen LogP contribution is 2.07. The maximum Gasteiger partial charge on any atom is 0.168 e. The molecule has 0 aromatic carbocycles. The summed E-state index contributed by atoms with van der Waals surface area (Å²) in [6, 6.07) is 0. The zero-order valence-electron chi connectivity index (χ0n) is 8.52. The molecule has 0 aliphatic rings. The Kier molecular flexibility index (Phi) is 4.56. The lowest BCUT2D eigenvalue weighted by molar-refractivity contribution is -0.119. The smallest absolute Gasteiger partial charge is 0.168 e. The van der Waals surface area contributed by atoms with E-state index in [1.165, 1.54) is 6.08 Å². The topological polar surface area (TPSA) is 46.2 Å². The molecule has 3 heteroatoms. The molecule has 0 atom stereocenters. The van der Waals surface area contributed by atoms with Gasteiger partial charge in [0.2, 0.25) is 0 Å². The van der Waals surface area contributed by atoms with Crippen molar-refractivity contribution < 1.29 is 9.59 Å². The Morgan fingerprint density at radius 1 is 1.46 bits per heavy atom. The molecule has 0 heterocycles. The van der Waals surface area contributed by atoms with Crippen molar-refractivity contribution >= 4 is 11.6 Å². The molecular formula is C10H17NO2. The third-order valence-corrected chi connectivity index (χ3v) is 1.66. The van der Waals surface area contributed by atoms with Crippen LogP contribution in [0, 0.1) is 0 Å². The molecule has 13 heavy (non-hydrogen) atoms. The largest absolute Gasteiger partial charge is 0.304 e. The normalized spacial score (nSPS) is 11.0. The first-order valence-corrected chi connectivity index (χ1v) is 4.27. The number of carbonyl (C=O) groups excluding carboxylic acids is 2. The van der Waals surface area contributed by atoms with Crippen molar-refractivity contribution in [3.63, 3.8) is 0 Å². The van der Waals surface area contributed by atoms with Gasteiger partial charge in [-0.25, -0.2) is 0 Å². The standard InChI is InChI=1S/C10H17NO2/c1-5-9(13)7-11-10(3,4)6-8(2)12/h5,11H,1,6-7H2,2-4H3. The fourth-order valence-electron chi connectivity index (χ4n) is 1.08. The summed E-state index contributed by atoms with van der Waals surface area (Å²) >= 11 is 0. The van der Waals surface area contributed by atoms with Gasteiger partial charge < -0.3 is 5.32 Å². The predicted molar refractivity (Wildman–Crippen MR) is 52.6 cm³/mol. The summed E-state index contributed by atoms with van der Waals surface area (Å²) in [7, 11) is 0. The number of rotatable bonds is 6. The lowest BCUT2D eigenvalue weighted by Crippen LogP contribution is -2.43. The molecule has 0 fully saturated rings. The van der Waals surface area contributed by atoms with Gasteiger partial charge in [0, 0.05) is 12.0 Å². The molecule has 0 aromatic heterocycles. The van der Waals surface area contributed by atoms with E-state index >= 15 is 0 Å². The van der Waals surface area contributed by atoms with Crippen LogP contribution in [0.3, 0.4) is 0 Å². The quantitative estimate of drug-likeness (QED) is 0.627. The van der Waals surface area contributed by atoms with Crippen LogP contribution in [-0.4, -0.2) is 23.7 Å². The minimum Gasteiger partial charge on any atom is -0.304 e. The summed E-state index contributed by atoms with van der Waals surface area (Å²) in [6.07, 6.45) is 1.70. The van der Waals surface area contributed by atoms with Gasteiger partial charge in [-0.2, -0.15) is 0 Å². The first-order valence-electron chi connectivity index (χ1n) is 4.27. The van der Waals surface area contributed by atoms with Gasteiger partial charge in [0.15, 0.2) is 5.78 Å². The Morgan fingerprint density at radius 3 is 2.38 bits per heavy atom. The van der Waals surface area contributed by atoms with Crippen molar-refractivity contribution in [3.05, 3.63) is 12.7 Å². The van der Waals surface area contributed by atoms with Crippen LogP contribution in [0.15, 0.2) is 12.7 Å². The summed E-state index contributed by atoms with van der Waals surface area (Å²) in [5.41, 5.74) is -0.315. The summed E-state index contributed by atoms with van der Waals surface area (Å²) in [5.74, 6) is 0.0557. The van der Waals surface area contributed by atoms with Gasteiger partial charge in [0.05, 0.1) is 6.54 Å². The highest BCUT2D eigenvalue weighted by atomic mass is 16.1. The van der Waals surface area contributed by atoms with Gasteiger partial charge in [0.1, 0.15) is 5.78 Å². The van der Waals surface area contributed by atoms with E-state index in [-0.39, 0.29) is 23.7 Å². The van der Waals surface area contributed by atoms with Crippen molar-refractivity contribution in [1.82, 2.24) is 5.32 Å². The molecule has 74 valence electrons. The molecule has 0 aliphatic carbocycles. The molecular weight excluding hydrogens is 166 g/mol. The highest BCUT2D eigenvalue weighted by Gasteiger charge is 2.19. The monoisotopic (exact) mass is 183 g/mol. The Morgan fingerprint density at radius 2 is 2.00 bits per heavy atom. The zero-order valence-corrected chi connectivity index (χ0v) is 8.52. The van der Waals surface area contributed by atoms with E-state index in [1.54, 1.807) is 6.92 Å². The Labute approximate surface area is 79.2 Å². The van der Waals surface area contributed by atoms with E-state index in [0.29, 0.717) is 6.42 Å². The second-order valence-corrected chi connectivity index (χ2v) is 3.79. The number of ketones is 2. The number of carbonyl (C=O) groups is 2. The van der Waals surface area contributed by atoms with Crippen molar-refractivity contribution in [2.75, 3.05) is 6.54 Å². The van der Waals surface area contributed by atoms with Crippen LogP contribution in [0.4, 0.5) is 0 Å². The maximum atomic E-state index is 10.9. The molecule has 0 bridgehead atoms. The van der Waals surface area contributed by atoms with Gasteiger partial charge in [-0.15, -0.1) is 0 Å². The van der Waals surface area contributed by atoms with Crippen molar-refractivity contribution in [3.8, 4) is 0 Å². The number of nitrogens with one attached hydrogen (secondary N) is 1. The third-order valence-electron chi connectivity index (χ3n) is 1.66. The van der Waals surface area contributed by atoms with Gasteiger partial charge in [-0.05, 0) is 26.8 Å². The lowest BCUT2D eigenvalue weighted by atomic mass is 9.98.